The Labute approximate surface area is 59.2 Å². The molecule has 0 unspecified atom stereocenters. The number of nitrogens with zero attached hydrogens (tertiary/aromatic N) is 2. The first-order valence-corrected chi connectivity index (χ1v) is 3.08. The van der Waals surface area contributed by atoms with E-state index in [2.05, 4.69) is 4.85 Å². The van der Waals surface area contributed by atoms with Gasteiger partial charge in [0.25, 0.3) is 0 Å². The van der Waals surface area contributed by atoms with Gasteiger partial charge in [-0.25, -0.2) is 0 Å². The van der Waals surface area contributed by atoms with Crippen LogP contribution in [0, 0.1) is 6.57 Å². The highest BCUT2D eigenvalue weighted by atomic mass is 16.5. The Bertz CT molecular complexity index is 167. The number of amides is 2. The summed E-state index contributed by atoms with van der Waals surface area (Å²) in [4.78, 5) is 15.0. The standard InChI is InChI=1S/C6H8N2O2/c1-7-6(9)8-2-4-10-5-3-8/h2-5H2. The molecule has 10 heavy (non-hydrogen) atoms. The zero-order valence-corrected chi connectivity index (χ0v) is 5.54. The molecule has 0 bridgehead atoms. The van der Waals surface area contributed by atoms with Crippen LogP contribution in [-0.2, 0) is 4.74 Å². The van der Waals surface area contributed by atoms with E-state index in [-0.39, 0.29) is 0 Å². The molecule has 2 amide bonds. The van der Waals surface area contributed by atoms with Crippen LogP contribution in [0.25, 0.3) is 4.85 Å². The number of ether oxygens (including phenoxy) is 1. The molecule has 0 aromatic carbocycles. The van der Waals surface area contributed by atoms with E-state index in [1.165, 1.54) is 4.90 Å². The van der Waals surface area contributed by atoms with E-state index < -0.39 is 6.03 Å². The van der Waals surface area contributed by atoms with Gasteiger partial charge in [0.1, 0.15) is 0 Å². The van der Waals surface area contributed by atoms with Crippen molar-refractivity contribution in [2.75, 3.05) is 26.3 Å². The minimum absolute atomic E-state index is 0.469. The van der Waals surface area contributed by atoms with Gasteiger partial charge in [-0.1, -0.05) is 6.57 Å². The van der Waals surface area contributed by atoms with E-state index in [0.29, 0.717) is 26.3 Å². The number of carbonyl (C=O) groups is 1. The summed E-state index contributed by atoms with van der Waals surface area (Å²) in [5.41, 5.74) is 0. The highest BCUT2D eigenvalue weighted by Crippen LogP contribution is 1.98. The normalized spacial score (nSPS) is 18.1. The van der Waals surface area contributed by atoms with Crippen molar-refractivity contribution in [1.82, 2.24) is 4.90 Å². The summed E-state index contributed by atoms with van der Waals surface area (Å²) in [6.45, 7) is 8.67. The summed E-state index contributed by atoms with van der Waals surface area (Å²) >= 11 is 0. The van der Waals surface area contributed by atoms with Crippen LogP contribution in [0.5, 0.6) is 0 Å². The Morgan fingerprint density at radius 3 is 2.60 bits per heavy atom. The predicted octanol–water partition coefficient (Wildman–Crippen LogP) is 0.358. The average Bonchev–Trinajstić information content (AvgIpc) is 2.05. The van der Waals surface area contributed by atoms with Gasteiger partial charge in [0.15, 0.2) is 0 Å². The van der Waals surface area contributed by atoms with E-state index in [4.69, 9.17) is 11.3 Å². The molecular formula is C6H8N2O2. The van der Waals surface area contributed by atoms with Crippen LogP contribution in [0.2, 0.25) is 0 Å². The van der Waals surface area contributed by atoms with Crippen LogP contribution < -0.4 is 0 Å². The quantitative estimate of drug-likeness (QED) is 0.455. The monoisotopic (exact) mass is 140 g/mol. The molecule has 0 N–H and O–H groups in total. The second-order valence-electron chi connectivity index (χ2n) is 1.99. The third-order valence-electron chi connectivity index (χ3n) is 1.38. The van der Waals surface area contributed by atoms with Crippen LogP contribution in [0.1, 0.15) is 0 Å². The number of hydrogen-bond donors (Lipinski definition) is 0. The van der Waals surface area contributed by atoms with Crippen molar-refractivity contribution in [2.24, 2.45) is 0 Å². The fourth-order valence-electron chi connectivity index (χ4n) is 0.825. The summed E-state index contributed by atoms with van der Waals surface area (Å²) in [6, 6.07) is -0.469. The lowest BCUT2D eigenvalue weighted by atomic mass is 10.4. The molecule has 1 saturated heterocycles. The molecule has 0 radical (unpaired) electrons. The van der Waals surface area contributed by atoms with Gasteiger partial charge in [0.05, 0.1) is 26.3 Å². The lowest BCUT2D eigenvalue weighted by Gasteiger charge is -2.20. The predicted molar refractivity (Wildman–Crippen MR) is 34.4 cm³/mol. The minimum atomic E-state index is -0.469. The third-order valence-corrected chi connectivity index (χ3v) is 1.38. The van der Waals surface area contributed by atoms with Crippen molar-refractivity contribution in [3.05, 3.63) is 11.4 Å². The molecule has 54 valence electrons. The summed E-state index contributed by atoms with van der Waals surface area (Å²) in [5.74, 6) is 0. The van der Waals surface area contributed by atoms with Crippen LogP contribution in [0.4, 0.5) is 4.79 Å². The number of rotatable bonds is 0. The van der Waals surface area contributed by atoms with Gasteiger partial charge < -0.3 is 9.58 Å². The Kier molecular flexibility index (Phi) is 2.24. The Hall–Kier alpha value is -1.08. The second kappa shape index (κ2) is 3.18. The van der Waals surface area contributed by atoms with Crippen LogP contribution in [0.15, 0.2) is 0 Å². The number of morpholine rings is 1. The first kappa shape index (κ1) is 7.03. The zero-order chi connectivity index (χ0) is 7.40. The average molecular weight is 140 g/mol. The maximum absolute atomic E-state index is 10.7. The van der Waals surface area contributed by atoms with Crippen molar-refractivity contribution < 1.29 is 9.53 Å². The third kappa shape index (κ3) is 1.45. The second-order valence-corrected chi connectivity index (χ2v) is 1.99. The lowest BCUT2D eigenvalue weighted by Crippen LogP contribution is -2.38. The van der Waals surface area contributed by atoms with Gasteiger partial charge in [-0.3, -0.25) is 9.69 Å². The highest BCUT2D eigenvalue weighted by Gasteiger charge is 2.17. The molecular weight excluding hydrogens is 132 g/mol. The van der Waals surface area contributed by atoms with Gasteiger partial charge in [-0.05, 0) is 0 Å². The fourth-order valence-corrected chi connectivity index (χ4v) is 0.825. The molecule has 0 spiro atoms. The van der Waals surface area contributed by atoms with Gasteiger partial charge in [-0.15, -0.1) is 0 Å². The Morgan fingerprint density at radius 1 is 1.50 bits per heavy atom. The number of carbonyl (C=O) groups excluding carboxylic acids is 1. The SMILES string of the molecule is [C-]#[N+]C(=O)N1CCOCC1. The van der Waals surface area contributed by atoms with Crippen molar-refractivity contribution in [2.45, 2.75) is 0 Å². The summed E-state index contributed by atoms with van der Waals surface area (Å²) in [6.07, 6.45) is 0. The van der Waals surface area contributed by atoms with Crippen molar-refractivity contribution >= 4 is 6.03 Å². The zero-order valence-electron chi connectivity index (χ0n) is 5.54. The van der Waals surface area contributed by atoms with E-state index in [9.17, 15) is 4.79 Å². The van der Waals surface area contributed by atoms with Crippen molar-refractivity contribution in [3.63, 3.8) is 0 Å². The molecule has 0 aliphatic carbocycles. The number of urea groups is 1. The van der Waals surface area contributed by atoms with Gasteiger partial charge >= 0.3 is 6.03 Å². The van der Waals surface area contributed by atoms with Gasteiger partial charge in [0, 0.05) is 0 Å². The molecule has 4 nitrogen and oxygen atoms in total. The first-order valence-electron chi connectivity index (χ1n) is 3.08. The van der Waals surface area contributed by atoms with Crippen LogP contribution in [-0.4, -0.2) is 37.2 Å². The molecule has 1 aliphatic rings. The van der Waals surface area contributed by atoms with E-state index in [1.807, 2.05) is 0 Å². The van der Waals surface area contributed by atoms with E-state index in [1.54, 1.807) is 0 Å². The summed E-state index contributed by atoms with van der Waals surface area (Å²) < 4.78 is 5.00. The maximum atomic E-state index is 10.7. The van der Waals surface area contributed by atoms with E-state index >= 15 is 0 Å². The molecule has 1 aliphatic heterocycles. The molecule has 0 saturated carbocycles. The highest BCUT2D eigenvalue weighted by molar-refractivity contribution is 5.83. The molecule has 4 heteroatoms. The molecule has 0 aromatic rings. The van der Waals surface area contributed by atoms with Crippen molar-refractivity contribution in [3.8, 4) is 0 Å². The summed E-state index contributed by atoms with van der Waals surface area (Å²) in [7, 11) is 0. The van der Waals surface area contributed by atoms with Gasteiger partial charge in [-0.2, -0.15) is 0 Å². The first-order chi connectivity index (χ1) is 4.84. The van der Waals surface area contributed by atoms with Crippen LogP contribution in [0.3, 0.4) is 0 Å². The molecule has 0 atom stereocenters. The molecule has 1 rings (SSSR count). The minimum Gasteiger partial charge on any atom is -0.373 e. The Balaban J connectivity index is 2.40. The molecule has 1 fully saturated rings. The lowest BCUT2D eigenvalue weighted by molar-refractivity contribution is 0.0572. The molecule has 0 aromatic heterocycles. The fraction of sp³-hybridized carbons (Fsp3) is 0.667. The van der Waals surface area contributed by atoms with Gasteiger partial charge in [0.2, 0.25) is 0 Å². The molecule has 1 heterocycles. The van der Waals surface area contributed by atoms with E-state index in [0.717, 1.165) is 0 Å². The summed E-state index contributed by atoms with van der Waals surface area (Å²) in [5, 5.41) is 0. The van der Waals surface area contributed by atoms with Crippen molar-refractivity contribution in [1.29, 1.82) is 0 Å². The van der Waals surface area contributed by atoms with Crippen LogP contribution >= 0.6 is 0 Å². The number of hydrogen-bond acceptors (Lipinski definition) is 2. The largest absolute Gasteiger partial charge is 0.438 e. The Morgan fingerprint density at radius 2 is 2.10 bits per heavy atom. The maximum Gasteiger partial charge on any atom is 0.438 e. The topological polar surface area (TPSA) is 33.9 Å². The smallest absolute Gasteiger partial charge is 0.373 e.